The third-order valence-corrected chi connectivity index (χ3v) is 3.29. The molecule has 0 radical (unpaired) electrons. The van der Waals surface area contributed by atoms with Crippen LogP contribution in [0.3, 0.4) is 0 Å². The minimum atomic E-state index is 0.156. The monoisotopic (exact) mass is 253 g/mol. The van der Waals surface area contributed by atoms with E-state index in [1.807, 2.05) is 19.9 Å². The van der Waals surface area contributed by atoms with Crippen LogP contribution in [-0.2, 0) is 6.42 Å². The first-order valence-electron chi connectivity index (χ1n) is 6.23. The summed E-state index contributed by atoms with van der Waals surface area (Å²) < 4.78 is 5.79. The molecule has 1 aliphatic rings. The van der Waals surface area contributed by atoms with Crippen LogP contribution in [-0.4, -0.2) is 12.6 Å². The van der Waals surface area contributed by atoms with E-state index in [4.69, 9.17) is 22.1 Å². The van der Waals surface area contributed by atoms with Crippen LogP contribution in [0.5, 0.6) is 5.75 Å². The zero-order valence-corrected chi connectivity index (χ0v) is 11.3. The van der Waals surface area contributed by atoms with Gasteiger partial charge in [0.1, 0.15) is 5.75 Å². The summed E-state index contributed by atoms with van der Waals surface area (Å²) in [6.07, 6.45) is 3.43. The van der Waals surface area contributed by atoms with Crippen molar-refractivity contribution in [1.29, 1.82) is 0 Å². The lowest BCUT2D eigenvalue weighted by atomic mass is 10.0. The van der Waals surface area contributed by atoms with Crippen molar-refractivity contribution in [2.75, 3.05) is 6.61 Å². The molecule has 1 fully saturated rings. The smallest absolute Gasteiger partial charge is 0.140 e. The van der Waals surface area contributed by atoms with Gasteiger partial charge in [0.05, 0.1) is 11.6 Å². The molecule has 2 nitrogen and oxygen atoms in total. The van der Waals surface area contributed by atoms with Gasteiger partial charge in [-0.2, -0.15) is 0 Å². The van der Waals surface area contributed by atoms with Crippen molar-refractivity contribution in [3.8, 4) is 5.75 Å². The first-order chi connectivity index (χ1) is 8.06. The third-order valence-electron chi connectivity index (χ3n) is 3.01. The number of benzene rings is 1. The van der Waals surface area contributed by atoms with Crippen LogP contribution in [0.2, 0.25) is 5.02 Å². The van der Waals surface area contributed by atoms with Gasteiger partial charge in [0, 0.05) is 6.04 Å². The van der Waals surface area contributed by atoms with Gasteiger partial charge < -0.3 is 10.5 Å². The minimum absolute atomic E-state index is 0.156. The minimum Gasteiger partial charge on any atom is -0.491 e. The van der Waals surface area contributed by atoms with E-state index in [1.165, 1.54) is 18.4 Å². The van der Waals surface area contributed by atoms with E-state index in [0.29, 0.717) is 5.02 Å². The molecule has 2 rings (SSSR count). The fourth-order valence-corrected chi connectivity index (χ4v) is 2.30. The van der Waals surface area contributed by atoms with Crippen LogP contribution in [0.1, 0.15) is 30.9 Å². The highest BCUT2D eigenvalue weighted by Gasteiger charge is 2.22. The van der Waals surface area contributed by atoms with Gasteiger partial charge in [-0.1, -0.05) is 17.7 Å². The second-order valence-electron chi connectivity index (χ2n) is 5.16. The highest BCUT2D eigenvalue weighted by Crippen LogP contribution is 2.34. The number of halogens is 1. The standard InChI is InChI=1S/C14H20ClNO/c1-9-5-12(6-10(2)16)7-13(15)14(9)17-8-11-3-4-11/h5,7,10-11H,3-4,6,8,16H2,1-2H3. The van der Waals surface area contributed by atoms with E-state index in [-0.39, 0.29) is 6.04 Å². The maximum atomic E-state index is 6.26. The van der Waals surface area contributed by atoms with E-state index >= 15 is 0 Å². The normalized spacial score (nSPS) is 16.9. The van der Waals surface area contributed by atoms with Gasteiger partial charge in [0.15, 0.2) is 0 Å². The topological polar surface area (TPSA) is 35.2 Å². The Balaban J connectivity index is 2.09. The quantitative estimate of drug-likeness (QED) is 0.874. The van der Waals surface area contributed by atoms with Crippen LogP contribution in [0.15, 0.2) is 12.1 Å². The molecule has 0 saturated heterocycles. The Bertz CT molecular complexity index is 376. The first-order valence-corrected chi connectivity index (χ1v) is 6.61. The van der Waals surface area contributed by atoms with Gasteiger partial charge in [-0.3, -0.25) is 0 Å². The first kappa shape index (κ1) is 12.7. The van der Waals surface area contributed by atoms with E-state index in [0.717, 1.165) is 30.3 Å². The molecule has 3 heteroatoms. The van der Waals surface area contributed by atoms with Crippen molar-refractivity contribution in [3.63, 3.8) is 0 Å². The molecule has 0 aliphatic heterocycles. The van der Waals surface area contributed by atoms with Crippen molar-refractivity contribution in [1.82, 2.24) is 0 Å². The van der Waals surface area contributed by atoms with E-state index in [1.54, 1.807) is 0 Å². The van der Waals surface area contributed by atoms with Gasteiger partial charge in [0.25, 0.3) is 0 Å². The average Bonchev–Trinajstić information content (AvgIpc) is 2.98. The van der Waals surface area contributed by atoms with Gasteiger partial charge in [0.2, 0.25) is 0 Å². The maximum absolute atomic E-state index is 6.26. The van der Waals surface area contributed by atoms with Gasteiger partial charge >= 0.3 is 0 Å². The summed E-state index contributed by atoms with van der Waals surface area (Å²) in [5.74, 6) is 1.58. The highest BCUT2D eigenvalue weighted by molar-refractivity contribution is 6.32. The molecule has 94 valence electrons. The molecule has 1 atom stereocenters. The number of hydrogen-bond donors (Lipinski definition) is 1. The fraction of sp³-hybridized carbons (Fsp3) is 0.571. The largest absolute Gasteiger partial charge is 0.491 e. The molecule has 1 unspecified atom stereocenters. The van der Waals surface area contributed by atoms with Crippen molar-refractivity contribution < 1.29 is 4.74 Å². The van der Waals surface area contributed by atoms with Crippen LogP contribution in [0.25, 0.3) is 0 Å². The molecular formula is C14H20ClNO. The maximum Gasteiger partial charge on any atom is 0.140 e. The molecular weight excluding hydrogens is 234 g/mol. The molecule has 2 N–H and O–H groups in total. The predicted molar refractivity (Wildman–Crippen MR) is 71.8 cm³/mol. The number of ether oxygens (including phenoxy) is 1. The fourth-order valence-electron chi connectivity index (χ4n) is 1.96. The van der Waals surface area contributed by atoms with Crippen LogP contribution >= 0.6 is 11.6 Å². The van der Waals surface area contributed by atoms with Crippen molar-refractivity contribution >= 4 is 11.6 Å². The molecule has 1 saturated carbocycles. The predicted octanol–water partition coefficient (Wildman–Crippen LogP) is 3.33. The van der Waals surface area contributed by atoms with Gasteiger partial charge in [-0.05, 0) is 56.2 Å². The Hall–Kier alpha value is -0.730. The lowest BCUT2D eigenvalue weighted by molar-refractivity contribution is 0.298. The van der Waals surface area contributed by atoms with Crippen molar-refractivity contribution in [3.05, 3.63) is 28.3 Å². The second kappa shape index (κ2) is 5.28. The zero-order chi connectivity index (χ0) is 12.4. The number of rotatable bonds is 5. The lowest BCUT2D eigenvalue weighted by Gasteiger charge is -2.13. The molecule has 0 amide bonds. The molecule has 1 aromatic rings. The van der Waals surface area contributed by atoms with E-state index in [2.05, 4.69) is 6.07 Å². The Morgan fingerprint density at radius 1 is 1.47 bits per heavy atom. The van der Waals surface area contributed by atoms with Gasteiger partial charge in [-0.15, -0.1) is 0 Å². The number of hydrogen-bond acceptors (Lipinski definition) is 2. The Kier molecular flexibility index (Phi) is 3.95. The van der Waals surface area contributed by atoms with Crippen molar-refractivity contribution in [2.45, 2.75) is 39.2 Å². The summed E-state index contributed by atoms with van der Waals surface area (Å²) in [5.41, 5.74) is 8.08. The Labute approximate surface area is 108 Å². The molecule has 1 aromatic carbocycles. The van der Waals surface area contributed by atoms with E-state index in [9.17, 15) is 0 Å². The van der Waals surface area contributed by atoms with Crippen LogP contribution < -0.4 is 10.5 Å². The molecule has 0 heterocycles. The summed E-state index contributed by atoms with van der Waals surface area (Å²) in [4.78, 5) is 0. The summed E-state index contributed by atoms with van der Waals surface area (Å²) in [5, 5.41) is 0.710. The highest BCUT2D eigenvalue weighted by atomic mass is 35.5. The second-order valence-corrected chi connectivity index (χ2v) is 5.57. The SMILES string of the molecule is Cc1cc(CC(C)N)cc(Cl)c1OCC1CC1. The summed E-state index contributed by atoms with van der Waals surface area (Å²) >= 11 is 6.26. The molecule has 1 aliphatic carbocycles. The third kappa shape index (κ3) is 3.62. The summed E-state index contributed by atoms with van der Waals surface area (Å²) in [6.45, 7) is 4.84. The summed E-state index contributed by atoms with van der Waals surface area (Å²) in [7, 11) is 0. The summed E-state index contributed by atoms with van der Waals surface area (Å²) in [6, 6.07) is 4.25. The van der Waals surface area contributed by atoms with Crippen LogP contribution in [0.4, 0.5) is 0 Å². The lowest BCUT2D eigenvalue weighted by Crippen LogP contribution is -2.17. The zero-order valence-electron chi connectivity index (χ0n) is 10.5. The van der Waals surface area contributed by atoms with Gasteiger partial charge in [-0.25, -0.2) is 0 Å². The van der Waals surface area contributed by atoms with Crippen LogP contribution in [0, 0.1) is 12.8 Å². The molecule has 17 heavy (non-hydrogen) atoms. The van der Waals surface area contributed by atoms with Crippen molar-refractivity contribution in [2.24, 2.45) is 11.7 Å². The Morgan fingerprint density at radius 3 is 2.71 bits per heavy atom. The molecule has 0 spiro atoms. The molecule has 0 bridgehead atoms. The number of aryl methyl sites for hydroxylation is 1. The molecule has 0 aromatic heterocycles. The average molecular weight is 254 g/mol. The van der Waals surface area contributed by atoms with E-state index < -0.39 is 0 Å². The number of nitrogens with two attached hydrogens (primary N) is 1. The Morgan fingerprint density at radius 2 is 2.18 bits per heavy atom.